The van der Waals surface area contributed by atoms with Crippen molar-refractivity contribution in [3.8, 4) is 5.75 Å². The largest absolute Gasteiger partial charge is 0.489 e. The first-order valence-electron chi connectivity index (χ1n) is 8.66. The lowest BCUT2D eigenvalue weighted by atomic mass is 9.96. The van der Waals surface area contributed by atoms with E-state index in [-0.39, 0.29) is 0 Å². The summed E-state index contributed by atoms with van der Waals surface area (Å²) in [5, 5.41) is 4.63. The topological polar surface area (TPSA) is 47.0 Å². The summed E-state index contributed by atoms with van der Waals surface area (Å²) in [5.74, 6) is 0.865. The highest BCUT2D eigenvalue weighted by atomic mass is 79.9. The van der Waals surface area contributed by atoms with Crippen LogP contribution in [0.15, 0.2) is 41.1 Å². The minimum absolute atomic E-state index is 0.514. The molecule has 2 aromatic heterocycles. The van der Waals surface area contributed by atoms with Crippen LogP contribution in [0.25, 0.3) is 10.2 Å². The minimum Gasteiger partial charge on any atom is -0.489 e. The van der Waals surface area contributed by atoms with Crippen molar-refractivity contribution >= 4 is 42.6 Å². The molecule has 25 heavy (non-hydrogen) atoms. The Labute approximate surface area is 159 Å². The fraction of sp³-hybridized carbons (Fsp3) is 0.368. The predicted octanol–water partition coefficient (Wildman–Crippen LogP) is 5.78. The number of benzene rings is 1. The molecule has 6 heteroatoms. The molecule has 0 aliphatic heterocycles. The molecule has 130 valence electrons. The lowest BCUT2D eigenvalue weighted by molar-refractivity contribution is 0.306. The first-order valence-corrected chi connectivity index (χ1v) is 10.3. The molecule has 0 amide bonds. The van der Waals surface area contributed by atoms with Crippen molar-refractivity contribution in [3.05, 3.63) is 46.7 Å². The second-order valence-electron chi connectivity index (χ2n) is 6.38. The Balaban J connectivity index is 1.45. The van der Waals surface area contributed by atoms with Crippen LogP contribution in [-0.2, 0) is 6.61 Å². The molecular weight excluding hydrogens is 398 g/mol. The summed E-state index contributed by atoms with van der Waals surface area (Å²) in [6.07, 6.45) is 10.1. The number of aromatic nitrogens is 2. The molecule has 1 fully saturated rings. The maximum Gasteiger partial charge on any atom is 0.184 e. The zero-order valence-electron chi connectivity index (χ0n) is 13.9. The number of halogens is 1. The third kappa shape index (κ3) is 4.12. The van der Waals surface area contributed by atoms with E-state index in [1.54, 1.807) is 23.7 Å². The van der Waals surface area contributed by atoms with Gasteiger partial charge in [0.2, 0.25) is 0 Å². The van der Waals surface area contributed by atoms with E-state index in [4.69, 9.17) is 9.72 Å². The summed E-state index contributed by atoms with van der Waals surface area (Å²) in [6.45, 7) is 0.514. The van der Waals surface area contributed by atoms with E-state index in [0.29, 0.717) is 12.6 Å². The Morgan fingerprint density at radius 3 is 2.92 bits per heavy atom. The Morgan fingerprint density at radius 2 is 2.08 bits per heavy atom. The molecular formula is C19H20BrN3OS. The number of nitrogens with one attached hydrogen (secondary N) is 1. The van der Waals surface area contributed by atoms with Crippen molar-refractivity contribution in [2.75, 3.05) is 5.32 Å². The zero-order valence-corrected chi connectivity index (χ0v) is 16.3. The first-order chi connectivity index (χ1) is 12.3. The molecule has 2 heterocycles. The Hall–Kier alpha value is -1.66. The van der Waals surface area contributed by atoms with Crippen molar-refractivity contribution in [1.82, 2.24) is 9.97 Å². The van der Waals surface area contributed by atoms with Crippen LogP contribution >= 0.6 is 27.3 Å². The van der Waals surface area contributed by atoms with E-state index in [0.717, 1.165) is 31.1 Å². The zero-order chi connectivity index (χ0) is 17.1. The summed E-state index contributed by atoms with van der Waals surface area (Å²) < 4.78 is 8.06. The van der Waals surface area contributed by atoms with E-state index >= 15 is 0 Å². The van der Waals surface area contributed by atoms with Crippen molar-refractivity contribution in [2.45, 2.75) is 44.8 Å². The number of hydrogen-bond acceptors (Lipinski definition) is 5. The van der Waals surface area contributed by atoms with E-state index in [1.165, 1.54) is 32.1 Å². The van der Waals surface area contributed by atoms with Crippen molar-refractivity contribution < 1.29 is 4.74 Å². The standard InChI is InChI=1S/C19H20BrN3OS/c20-16-11-21-9-8-13(16)12-24-15-6-7-17-18(10-15)25-19(23-17)22-14-4-2-1-3-5-14/h6-11,14H,1-5,12H2,(H,22,23). The molecule has 0 atom stereocenters. The van der Waals surface area contributed by atoms with Gasteiger partial charge in [-0.3, -0.25) is 4.98 Å². The van der Waals surface area contributed by atoms with Crippen molar-refractivity contribution in [3.63, 3.8) is 0 Å². The highest BCUT2D eigenvalue weighted by Gasteiger charge is 2.15. The number of rotatable bonds is 5. The normalized spacial score (nSPS) is 15.4. The van der Waals surface area contributed by atoms with Gasteiger partial charge in [0.05, 0.1) is 10.2 Å². The summed E-state index contributed by atoms with van der Waals surface area (Å²) in [4.78, 5) is 8.79. The summed E-state index contributed by atoms with van der Waals surface area (Å²) in [7, 11) is 0. The smallest absolute Gasteiger partial charge is 0.184 e. The monoisotopic (exact) mass is 417 g/mol. The van der Waals surface area contributed by atoms with Gasteiger partial charge in [0, 0.05) is 28.5 Å². The summed E-state index contributed by atoms with van der Waals surface area (Å²) in [5.41, 5.74) is 2.11. The first kappa shape index (κ1) is 16.8. The number of anilines is 1. The second kappa shape index (κ2) is 7.70. The highest BCUT2D eigenvalue weighted by molar-refractivity contribution is 9.10. The van der Waals surface area contributed by atoms with Gasteiger partial charge < -0.3 is 10.1 Å². The lowest BCUT2D eigenvalue weighted by Crippen LogP contribution is -2.21. The van der Waals surface area contributed by atoms with Crippen LogP contribution < -0.4 is 10.1 Å². The summed E-state index contributed by atoms with van der Waals surface area (Å²) in [6, 6.07) is 8.64. The van der Waals surface area contributed by atoms with Crippen LogP contribution in [0.2, 0.25) is 0 Å². The van der Waals surface area contributed by atoms with Gasteiger partial charge >= 0.3 is 0 Å². The average Bonchev–Trinajstić information content (AvgIpc) is 3.03. The van der Waals surface area contributed by atoms with Gasteiger partial charge in [-0.1, -0.05) is 30.6 Å². The molecule has 1 aromatic carbocycles. The molecule has 1 saturated carbocycles. The molecule has 3 aromatic rings. The van der Waals surface area contributed by atoms with E-state index in [2.05, 4.69) is 32.3 Å². The Bertz CT molecular complexity index is 861. The fourth-order valence-electron chi connectivity index (χ4n) is 3.16. The van der Waals surface area contributed by atoms with Crippen LogP contribution in [-0.4, -0.2) is 16.0 Å². The van der Waals surface area contributed by atoms with Crippen LogP contribution in [0.5, 0.6) is 5.75 Å². The predicted molar refractivity (Wildman–Crippen MR) is 106 cm³/mol. The van der Waals surface area contributed by atoms with Crippen LogP contribution in [0.1, 0.15) is 37.7 Å². The van der Waals surface area contributed by atoms with Gasteiger partial charge in [-0.25, -0.2) is 4.98 Å². The van der Waals surface area contributed by atoms with Gasteiger partial charge in [-0.15, -0.1) is 0 Å². The molecule has 0 unspecified atom stereocenters. The highest BCUT2D eigenvalue weighted by Crippen LogP contribution is 2.31. The molecule has 0 bridgehead atoms. The van der Waals surface area contributed by atoms with Crippen molar-refractivity contribution in [2.24, 2.45) is 0 Å². The van der Waals surface area contributed by atoms with Gasteiger partial charge in [0.25, 0.3) is 0 Å². The van der Waals surface area contributed by atoms with E-state index < -0.39 is 0 Å². The van der Waals surface area contributed by atoms with Crippen molar-refractivity contribution in [1.29, 1.82) is 0 Å². The average molecular weight is 418 g/mol. The number of fused-ring (bicyclic) bond motifs is 1. The molecule has 1 N–H and O–H groups in total. The quantitative estimate of drug-likeness (QED) is 0.571. The molecule has 1 aliphatic carbocycles. The van der Waals surface area contributed by atoms with Gasteiger partial charge in [-0.2, -0.15) is 0 Å². The molecule has 4 nitrogen and oxygen atoms in total. The van der Waals surface area contributed by atoms with Crippen LogP contribution in [0.3, 0.4) is 0 Å². The number of hydrogen-bond donors (Lipinski definition) is 1. The maximum absolute atomic E-state index is 5.94. The fourth-order valence-corrected chi connectivity index (χ4v) is 4.50. The van der Waals surface area contributed by atoms with Gasteiger partial charge in [0.15, 0.2) is 5.13 Å². The third-order valence-electron chi connectivity index (χ3n) is 4.54. The number of thiazole rings is 1. The Morgan fingerprint density at radius 1 is 1.20 bits per heavy atom. The molecule has 0 radical (unpaired) electrons. The second-order valence-corrected chi connectivity index (χ2v) is 8.27. The SMILES string of the molecule is Brc1cnccc1COc1ccc2nc(NC3CCCCC3)sc2c1. The van der Waals surface area contributed by atoms with E-state index in [1.807, 2.05) is 18.2 Å². The third-order valence-corrected chi connectivity index (χ3v) is 6.21. The van der Waals surface area contributed by atoms with Crippen LogP contribution in [0, 0.1) is 0 Å². The van der Waals surface area contributed by atoms with Crippen LogP contribution in [0.4, 0.5) is 5.13 Å². The lowest BCUT2D eigenvalue weighted by Gasteiger charge is -2.22. The van der Waals surface area contributed by atoms with E-state index in [9.17, 15) is 0 Å². The molecule has 0 spiro atoms. The maximum atomic E-state index is 5.94. The number of nitrogens with zero attached hydrogens (tertiary/aromatic N) is 2. The summed E-state index contributed by atoms with van der Waals surface area (Å²) >= 11 is 5.21. The molecule has 0 saturated heterocycles. The molecule has 4 rings (SSSR count). The number of pyridine rings is 1. The number of ether oxygens (including phenoxy) is 1. The van der Waals surface area contributed by atoms with Gasteiger partial charge in [-0.05, 0) is 53.0 Å². The van der Waals surface area contributed by atoms with Gasteiger partial charge in [0.1, 0.15) is 12.4 Å². The molecule has 1 aliphatic rings. The minimum atomic E-state index is 0.514. The Kier molecular flexibility index (Phi) is 5.17.